The molecule has 0 aliphatic rings. The Kier molecular flexibility index (Phi) is 10.3. The highest BCUT2D eigenvalue weighted by Gasteiger charge is 2.32. The molecular weight excluding hydrogens is 462 g/mol. The number of hydrogen-bond donors (Lipinski definition) is 1. The minimum Gasteiger partial charge on any atom is -0.354 e. The van der Waals surface area contributed by atoms with Gasteiger partial charge in [-0.2, -0.15) is 0 Å². The topological polar surface area (TPSA) is 86.8 Å². The summed E-state index contributed by atoms with van der Waals surface area (Å²) in [5, 5.41) is 2.93. The number of unbranched alkanes of at least 4 members (excludes halogenated alkanes) is 1. The van der Waals surface area contributed by atoms with Crippen LogP contribution in [0.5, 0.6) is 0 Å². The summed E-state index contributed by atoms with van der Waals surface area (Å²) in [6.07, 6.45) is 3.31. The number of carbonyl (C=O) groups is 2. The van der Waals surface area contributed by atoms with Crippen LogP contribution < -0.4 is 9.62 Å². The number of anilines is 1. The number of carbonyl (C=O) groups excluding carboxylic acids is 2. The molecular formula is C27H39N3O4S. The van der Waals surface area contributed by atoms with Crippen LogP contribution in [0.15, 0.2) is 42.5 Å². The molecule has 2 aromatic carbocycles. The van der Waals surface area contributed by atoms with Crippen molar-refractivity contribution in [3.05, 3.63) is 64.7 Å². The van der Waals surface area contributed by atoms with E-state index in [0.717, 1.165) is 45.7 Å². The van der Waals surface area contributed by atoms with E-state index in [9.17, 15) is 18.0 Å². The number of nitrogens with zero attached hydrogens (tertiary/aromatic N) is 2. The molecule has 2 rings (SSSR count). The van der Waals surface area contributed by atoms with Crippen LogP contribution in [0.2, 0.25) is 0 Å². The molecule has 2 aromatic rings. The molecule has 0 saturated carbocycles. The van der Waals surface area contributed by atoms with Gasteiger partial charge in [0.1, 0.15) is 12.6 Å². The lowest BCUT2D eigenvalue weighted by atomic mass is 10.1. The van der Waals surface area contributed by atoms with E-state index in [1.54, 1.807) is 6.07 Å². The SMILES string of the molecule is CCCCNC(=O)[C@H](CC)N(Cc1cccc(C)c1)C(=O)CN(c1ccc(C)cc1C)S(C)(=O)=O. The molecule has 1 N–H and O–H groups in total. The maximum atomic E-state index is 13.7. The zero-order valence-corrected chi connectivity index (χ0v) is 22.6. The van der Waals surface area contributed by atoms with Crippen molar-refractivity contribution in [1.82, 2.24) is 10.2 Å². The Morgan fingerprint density at radius 2 is 1.69 bits per heavy atom. The average molecular weight is 502 g/mol. The summed E-state index contributed by atoms with van der Waals surface area (Å²) < 4.78 is 26.6. The Labute approximate surface area is 210 Å². The van der Waals surface area contributed by atoms with Crippen LogP contribution in [0.1, 0.15) is 55.4 Å². The van der Waals surface area contributed by atoms with Gasteiger partial charge in [-0.25, -0.2) is 8.42 Å². The molecule has 0 saturated heterocycles. The average Bonchev–Trinajstić information content (AvgIpc) is 2.77. The molecule has 192 valence electrons. The maximum absolute atomic E-state index is 13.7. The largest absolute Gasteiger partial charge is 0.354 e. The fraction of sp³-hybridized carbons (Fsp3) is 0.481. The van der Waals surface area contributed by atoms with E-state index < -0.39 is 22.0 Å². The summed E-state index contributed by atoms with van der Waals surface area (Å²) in [6, 6.07) is 12.5. The number of aryl methyl sites for hydroxylation is 3. The number of sulfonamides is 1. The van der Waals surface area contributed by atoms with Gasteiger partial charge in [-0.15, -0.1) is 0 Å². The molecule has 0 aliphatic heterocycles. The van der Waals surface area contributed by atoms with Crippen molar-refractivity contribution in [3.8, 4) is 0 Å². The Balaban J connectivity index is 2.43. The van der Waals surface area contributed by atoms with Crippen molar-refractivity contribution in [1.29, 1.82) is 0 Å². The van der Waals surface area contributed by atoms with E-state index in [-0.39, 0.29) is 19.0 Å². The van der Waals surface area contributed by atoms with Crippen LogP contribution in [-0.2, 0) is 26.2 Å². The molecule has 35 heavy (non-hydrogen) atoms. The van der Waals surface area contributed by atoms with Gasteiger partial charge in [-0.05, 0) is 50.8 Å². The van der Waals surface area contributed by atoms with E-state index in [2.05, 4.69) is 5.32 Å². The first-order chi connectivity index (χ1) is 16.5. The Hall–Kier alpha value is -2.87. The molecule has 0 spiro atoms. The number of benzene rings is 2. The van der Waals surface area contributed by atoms with E-state index in [0.29, 0.717) is 18.7 Å². The summed E-state index contributed by atoms with van der Waals surface area (Å²) >= 11 is 0. The zero-order valence-electron chi connectivity index (χ0n) is 21.8. The normalized spacial score (nSPS) is 12.2. The lowest BCUT2D eigenvalue weighted by Crippen LogP contribution is -2.52. The minimum atomic E-state index is -3.75. The summed E-state index contributed by atoms with van der Waals surface area (Å²) in [5.74, 6) is -0.645. The van der Waals surface area contributed by atoms with Crippen molar-refractivity contribution in [2.75, 3.05) is 23.7 Å². The summed E-state index contributed by atoms with van der Waals surface area (Å²) in [6.45, 7) is 10.00. The summed E-state index contributed by atoms with van der Waals surface area (Å²) in [7, 11) is -3.75. The van der Waals surface area contributed by atoms with Crippen LogP contribution in [0.25, 0.3) is 0 Å². The summed E-state index contributed by atoms with van der Waals surface area (Å²) in [5.41, 5.74) is 4.15. The van der Waals surface area contributed by atoms with E-state index in [1.165, 1.54) is 4.90 Å². The molecule has 2 amide bonds. The first-order valence-corrected chi connectivity index (χ1v) is 14.0. The second-order valence-electron chi connectivity index (χ2n) is 9.14. The molecule has 1 atom stereocenters. The molecule has 0 fully saturated rings. The third-order valence-corrected chi connectivity index (χ3v) is 7.08. The number of hydrogen-bond acceptors (Lipinski definition) is 4. The number of nitrogens with one attached hydrogen (secondary N) is 1. The second-order valence-corrected chi connectivity index (χ2v) is 11.0. The van der Waals surface area contributed by atoms with Gasteiger partial charge in [0.25, 0.3) is 0 Å². The molecule has 0 heterocycles. The second kappa shape index (κ2) is 12.7. The summed E-state index contributed by atoms with van der Waals surface area (Å²) in [4.78, 5) is 28.3. The Morgan fingerprint density at radius 1 is 1.00 bits per heavy atom. The Morgan fingerprint density at radius 3 is 2.26 bits per heavy atom. The predicted molar refractivity (Wildman–Crippen MR) is 142 cm³/mol. The van der Waals surface area contributed by atoms with Crippen LogP contribution in [0.3, 0.4) is 0 Å². The zero-order chi connectivity index (χ0) is 26.2. The van der Waals surface area contributed by atoms with Crippen molar-refractivity contribution >= 4 is 27.5 Å². The standard InChI is InChI=1S/C27H39N3O4S/c1-7-9-15-28-27(32)24(8-2)29(18-23-12-10-11-20(3)17-23)26(31)19-30(35(6,33)34)25-14-13-21(4)16-22(25)5/h10-14,16-17,24H,7-9,15,18-19H2,1-6H3,(H,28,32)/t24-/m0/s1. The Bertz CT molecular complexity index is 1130. The van der Waals surface area contributed by atoms with Crippen molar-refractivity contribution in [2.45, 2.75) is 66.5 Å². The maximum Gasteiger partial charge on any atom is 0.244 e. The minimum absolute atomic E-state index is 0.213. The fourth-order valence-electron chi connectivity index (χ4n) is 4.11. The van der Waals surface area contributed by atoms with Gasteiger partial charge in [0.05, 0.1) is 11.9 Å². The van der Waals surface area contributed by atoms with Crippen LogP contribution >= 0.6 is 0 Å². The van der Waals surface area contributed by atoms with Gasteiger partial charge in [0, 0.05) is 13.1 Å². The molecule has 0 radical (unpaired) electrons. The smallest absolute Gasteiger partial charge is 0.244 e. The van der Waals surface area contributed by atoms with Gasteiger partial charge in [-0.3, -0.25) is 13.9 Å². The first-order valence-electron chi connectivity index (χ1n) is 12.2. The molecule has 0 unspecified atom stereocenters. The lowest BCUT2D eigenvalue weighted by molar-refractivity contribution is -0.140. The van der Waals surface area contributed by atoms with Gasteiger partial charge >= 0.3 is 0 Å². The first kappa shape index (κ1) is 28.4. The van der Waals surface area contributed by atoms with Crippen molar-refractivity contribution in [3.63, 3.8) is 0 Å². The van der Waals surface area contributed by atoms with Crippen LogP contribution in [-0.4, -0.2) is 50.5 Å². The van der Waals surface area contributed by atoms with Crippen LogP contribution in [0.4, 0.5) is 5.69 Å². The predicted octanol–water partition coefficient (Wildman–Crippen LogP) is 4.10. The third-order valence-electron chi connectivity index (χ3n) is 5.95. The quantitative estimate of drug-likeness (QED) is 0.444. The fourth-order valence-corrected chi connectivity index (χ4v) is 5.02. The molecule has 0 bridgehead atoms. The molecule has 0 aromatic heterocycles. The lowest BCUT2D eigenvalue weighted by Gasteiger charge is -2.33. The van der Waals surface area contributed by atoms with Crippen molar-refractivity contribution < 1.29 is 18.0 Å². The molecule has 0 aliphatic carbocycles. The number of rotatable bonds is 12. The third kappa shape index (κ3) is 8.09. The van der Waals surface area contributed by atoms with Crippen molar-refractivity contribution in [2.24, 2.45) is 0 Å². The van der Waals surface area contributed by atoms with E-state index >= 15 is 0 Å². The van der Waals surface area contributed by atoms with Gasteiger partial charge in [0.15, 0.2) is 0 Å². The highest BCUT2D eigenvalue weighted by atomic mass is 32.2. The van der Waals surface area contributed by atoms with Gasteiger partial charge < -0.3 is 10.2 Å². The van der Waals surface area contributed by atoms with Gasteiger partial charge in [-0.1, -0.05) is 67.8 Å². The van der Waals surface area contributed by atoms with Crippen LogP contribution in [0, 0.1) is 20.8 Å². The highest BCUT2D eigenvalue weighted by molar-refractivity contribution is 7.92. The molecule has 8 heteroatoms. The molecule has 7 nitrogen and oxygen atoms in total. The van der Waals surface area contributed by atoms with E-state index in [1.807, 2.05) is 71.0 Å². The monoisotopic (exact) mass is 501 g/mol. The van der Waals surface area contributed by atoms with Gasteiger partial charge in [0.2, 0.25) is 21.8 Å². The highest BCUT2D eigenvalue weighted by Crippen LogP contribution is 2.24. The number of amides is 2. The van der Waals surface area contributed by atoms with E-state index in [4.69, 9.17) is 0 Å².